The number of para-hydroxylation sites is 2. The Morgan fingerprint density at radius 1 is 1.24 bits per heavy atom. The van der Waals surface area contributed by atoms with Crippen LogP contribution in [0.5, 0.6) is 5.75 Å². The molecule has 0 atom stereocenters. The molecule has 2 aromatic carbocycles. The van der Waals surface area contributed by atoms with Crippen LogP contribution in [0.2, 0.25) is 0 Å². The molecule has 1 aliphatic rings. The molecule has 5 N–H and O–H groups in total. The Hall–Kier alpha value is -3.52. The summed E-state index contributed by atoms with van der Waals surface area (Å²) in [4.78, 5) is 18.9. The Morgan fingerprint density at radius 2 is 1.97 bits per heavy atom. The molecule has 3 rings (SSSR count). The fourth-order valence-corrected chi connectivity index (χ4v) is 3.70. The molecule has 0 aromatic heterocycles. The van der Waals surface area contributed by atoms with Crippen molar-refractivity contribution in [2.75, 3.05) is 25.9 Å². The number of anilines is 1. The molecule has 8 heteroatoms. The van der Waals surface area contributed by atoms with Gasteiger partial charge < -0.3 is 26.4 Å². The molecule has 0 saturated carbocycles. The van der Waals surface area contributed by atoms with Gasteiger partial charge in [0.05, 0.1) is 15.7 Å². The number of allylic oxidation sites excluding steroid dienone is 2. The molecular formula is C25H28BrN5O2. The van der Waals surface area contributed by atoms with Crippen LogP contribution < -0.4 is 16.4 Å². The van der Waals surface area contributed by atoms with Crippen molar-refractivity contribution in [3.63, 3.8) is 0 Å². The number of carbonyl (C=O) groups is 1. The van der Waals surface area contributed by atoms with Gasteiger partial charge in [-0.3, -0.25) is 9.79 Å². The van der Waals surface area contributed by atoms with E-state index in [9.17, 15) is 9.90 Å². The van der Waals surface area contributed by atoms with Crippen LogP contribution in [0.15, 0.2) is 82.6 Å². The summed E-state index contributed by atoms with van der Waals surface area (Å²) in [5, 5.41) is 16.5. The van der Waals surface area contributed by atoms with Crippen molar-refractivity contribution < 1.29 is 9.90 Å². The van der Waals surface area contributed by atoms with Gasteiger partial charge in [-0.1, -0.05) is 36.9 Å². The zero-order valence-corrected chi connectivity index (χ0v) is 20.1. The lowest BCUT2D eigenvalue weighted by molar-refractivity contribution is 0.0954. The normalized spacial score (nSPS) is 16.1. The van der Waals surface area contributed by atoms with Crippen LogP contribution in [-0.4, -0.2) is 41.9 Å². The minimum Gasteiger partial charge on any atom is -0.507 e. The Bertz CT molecular complexity index is 1120. The average Bonchev–Trinajstić information content (AvgIpc) is 2.82. The summed E-state index contributed by atoms with van der Waals surface area (Å²) in [6.45, 7) is 4.96. The molecule has 2 aromatic rings. The van der Waals surface area contributed by atoms with Crippen LogP contribution in [0.4, 0.5) is 5.69 Å². The van der Waals surface area contributed by atoms with Gasteiger partial charge in [0.2, 0.25) is 0 Å². The summed E-state index contributed by atoms with van der Waals surface area (Å²) in [6.07, 6.45) is 5.19. The van der Waals surface area contributed by atoms with E-state index in [0.29, 0.717) is 29.9 Å². The quantitative estimate of drug-likeness (QED) is 0.315. The predicted octanol–water partition coefficient (Wildman–Crippen LogP) is 4.21. The van der Waals surface area contributed by atoms with Crippen molar-refractivity contribution in [2.45, 2.75) is 12.8 Å². The van der Waals surface area contributed by atoms with Crippen LogP contribution >= 0.6 is 15.9 Å². The van der Waals surface area contributed by atoms with E-state index in [-0.39, 0.29) is 11.7 Å². The zero-order chi connectivity index (χ0) is 23.8. The summed E-state index contributed by atoms with van der Waals surface area (Å²) in [7, 11) is 1.91. The Balaban J connectivity index is 1.64. The summed E-state index contributed by atoms with van der Waals surface area (Å²) in [5.74, 6) is 1.54. The largest absolute Gasteiger partial charge is 0.507 e. The highest BCUT2D eigenvalue weighted by atomic mass is 79.9. The van der Waals surface area contributed by atoms with E-state index in [1.807, 2.05) is 30.2 Å². The lowest BCUT2D eigenvalue weighted by Gasteiger charge is -2.31. The van der Waals surface area contributed by atoms with Crippen LogP contribution in [0, 0.1) is 0 Å². The third kappa shape index (κ3) is 6.04. The second-order valence-corrected chi connectivity index (χ2v) is 8.30. The highest BCUT2D eigenvalue weighted by Gasteiger charge is 2.22. The van der Waals surface area contributed by atoms with Gasteiger partial charge in [0.15, 0.2) is 0 Å². The second-order valence-electron chi connectivity index (χ2n) is 7.45. The van der Waals surface area contributed by atoms with Crippen molar-refractivity contribution in [2.24, 2.45) is 4.99 Å². The number of halogens is 1. The molecule has 0 aliphatic carbocycles. The second kappa shape index (κ2) is 11.4. The molecular weight excluding hydrogens is 482 g/mol. The minimum atomic E-state index is -0.170. The molecule has 7 nitrogen and oxygen atoms in total. The van der Waals surface area contributed by atoms with Gasteiger partial charge in [-0.25, -0.2) is 0 Å². The number of nitrogen functional groups attached to an aromatic ring is 1. The molecule has 1 amide bonds. The van der Waals surface area contributed by atoms with E-state index >= 15 is 0 Å². The molecule has 1 heterocycles. The summed E-state index contributed by atoms with van der Waals surface area (Å²) < 4.78 is 0.779. The number of carbonyl (C=O) groups excluding carboxylic acids is 1. The number of phenols is 1. The number of amides is 1. The van der Waals surface area contributed by atoms with Crippen molar-refractivity contribution in [3.8, 4) is 5.75 Å². The van der Waals surface area contributed by atoms with Crippen molar-refractivity contribution in [3.05, 3.63) is 88.7 Å². The van der Waals surface area contributed by atoms with E-state index in [2.05, 4.69) is 33.1 Å². The number of nitrogens with zero attached hydrogens (tertiary/aromatic N) is 2. The van der Waals surface area contributed by atoms with Crippen LogP contribution in [0.3, 0.4) is 0 Å². The Kier molecular flexibility index (Phi) is 8.32. The average molecular weight is 510 g/mol. The topological polar surface area (TPSA) is 103 Å². The molecule has 1 aliphatic heterocycles. The van der Waals surface area contributed by atoms with Crippen molar-refractivity contribution in [1.29, 1.82) is 0 Å². The summed E-state index contributed by atoms with van der Waals surface area (Å²) in [6, 6.07) is 14.2. The van der Waals surface area contributed by atoms with Gasteiger partial charge in [0.1, 0.15) is 17.4 Å². The standard InChI is InChI=1S/C25H28BrN5O2/c1-3-19(26)24-30-21(18-11-5-7-13-22(18)32)16-23(31(24)2)28-14-8-9-15-29-25(33)17-10-4-6-12-20(17)27/h3-7,10-13,16,30,32H,1,8-9,14-15,27H2,2H3,(H,29,33)/b24-19+,28-23?. The number of hydrogen-bond acceptors (Lipinski definition) is 5. The number of aliphatic imine (C=N–C) groups is 1. The van der Waals surface area contributed by atoms with Gasteiger partial charge in [-0.2, -0.15) is 0 Å². The maximum atomic E-state index is 12.2. The molecule has 0 fully saturated rings. The Labute approximate surface area is 202 Å². The number of benzene rings is 2. The van der Waals surface area contributed by atoms with E-state index in [1.54, 1.807) is 42.5 Å². The fraction of sp³-hybridized carbons (Fsp3) is 0.200. The molecule has 0 unspecified atom stereocenters. The minimum absolute atomic E-state index is 0.170. The number of unbranched alkanes of at least 4 members (excludes halogenated alkanes) is 1. The number of likely N-dealkylation sites (N-methyl/N-ethyl adjacent to an activating group) is 1. The first kappa shape index (κ1) is 24.1. The van der Waals surface area contributed by atoms with E-state index in [0.717, 1.165) is 34.7 Å². The number of hydrogen-bond donors (Lipinski definition) is 4. The van der Waals surface area contributed by atoms with Gasteiger partial charge in [-0.15, -0.1) is 0 Å². The molecule has 0 spiro atoms. The van der Waals surface area contributed by atoms with Gasteiger partial charge >= 0.3 is 0 Å². The number of phenolic OH excluding ortho intramolecular Hbond substituents is 1. The van der Waals surface area contributed by atoms with Gasteiger partial charge in [-0.05, 0) is 53.0 Å². The van der Waals surface area contributed by atoms with E-state index in [1.165, 1.54) is 0 Å². The highest BCUT2D eigenvalue weighted by Crippen LogP contribution is 2.29. The van der Waals surface area contributed by atoms with Gasteiger partial charge in [0, 0.05) is 37.5 Å². The summed E-state index contributed by atoms with van der Waals surface area (Å²) >= 11 is 3.53. The number of rotatable bonds is 8. The lowest BCUT2D eigenvalue weighted by Crippen LogP contribution is -2.37. The molecule has 172 valence electrons. The molecule has 0 radical (unpaired) electrons. The third-order valence-corrected chi connectivity index (χ3v) is 5.85. The van der Waals surface area contributed by atoms with E-state index in [4.69, 9.17) is 10.7 Å². The maximum absolute atomic E-state index is 12.2. The first-order valence-electron chi connectivity index (χ1n) is 10.6. The predicted molar refractivity (Wildman–Crippen MR) is 138 cm³/mol. The molecule has 0 saturated heterocycles. The SMILES string of the molecule is C=C/C(Br)=C1/NC(c2ccccc2O)=CC(=NCCCCNC(=O)c2ccccc2N)N1C. The third-order valence-electron chi connectivity index (χ3n) is 5.15. The zero-order valence-electron chi connectivity index (χ0n) is 18.5. The first-order valence-corrected chi connectivity index (χ1v) is 11.4. The maximum Gasteiger partial charge on any atom is 0.253 e. The Morgan fingerprint density at radius 3 is 2.70 bits per heavy atom. The van der Waals surface area contributed by atoms with E-state index < -0.39 is 0 Å². The number of nitrogens with two attached hydrogens (primary N) is 1. The first-order chi connectivity index (χ1) is 15.9. The summed E-state index contributed by atoms with van der Waals surface area (Å²) in [5.41, 5.74) is 8.24. The molecule has 33 heavy (non-hydrogen) atoms. The monoisotopic (exact) mass is 509 g/mol. The highest BCUT2D eigenvalue weighted by molar-refractivity contribution is 9.11. The van der Waals surface area contributed by atoms with Crippen LogP contribution in [0.25, 0.3) is 5.70 Å². The lowest BCUT2D eigenvalue weighted by atomic mass is 10.1. The van der Waals surface area contributed by atoms with Crippen LogP contribution in [0.1, 0.15) is 28.8 Å². The van der Waals surface area contributed by atoms with Crippen molar-refractivity contribution >= 4 is 39.1 Å². The fourth-order valence-electron chi connectivity index (χ4n) is 3.33. The number of nitrogens with one attached hydrogen (secondary N) is 2. The van der Waals surface area contributed by atoms with Crippen LogP contribution in [-0.2, 0) is 0 Å². The molecule has 0 bridgehead atoms. The van der Waals surface area contributed by atoms with Gasteiger partial charge in [0.25, 0.3) is 5.91 Å². The number of amidine groups is 1. The number of aromatic hydroxyl groups is 1. The van der Waals surface area contributed by atoms with Crippen molar-refractivity contribution in [1.82, 2.24) is 15.5 Å². The smallest absolute Gasteiger partial charge is 0.253 e.